The molecule has 0 aromatic carbocycles. The molecule has 6 nitrogen and oxygen atoms in total. The van der Waals surface area contributed by atoms with Gasteiger partial charge in [-0.25, -0.2) is 4.98 Å². The zero-order chi connectivity index (χ0) is 17.5. The van der Waals surface area contributed by atoms with E-state index in [4.69, 9.17) is 9.47 Å². The normalized spacial score (nSPS) is 23.5. The lowest BCUT2D eigenvalue weighted by Gasteiger charge is -2.36. The van der Waals surface area contributed by atoms with Gasteiger partial charge in [0.15, 0.2) is 5.96 Å². The van der Waals surface area contributed by atoms with Gasteiger partial charge in [-0.1, -0.05) is 6.07 Å². The van der Waals surface area contributed by atoms with Crippen LogP contribution >= 0.6 is 11.8 Å². The smallest absolute Gasteiger partial charge is 0.213 e. The van der Waals surface area contributed by atoms with Crippen LogP contribution in [0.25, 0.3) is 0 Å². The molecular weight excluding hydrogens is 336 g/mol. The third kappa shape index (κ3) is 4.79. The van der Waals surface area contributed by atoms with Gasteiger partial charge in [0.05, 0.1) is 6.54 Å². The average Bonchev–Trinajstić information content (AvgIpc) is 3.12. The highest BCUT2D eigenvalue weighted by molar-refractivity contribution is 8.00. The van der Waals surface area contributed by atoms with Gasteiger partial charge >= 0.3 is 0 Å². The molecular formula is C18H28N4O2S. The van der Waals surface area contributed by atoms with E-state index in [0.717, 1.165) is 58.1 Å². The maximum atomic E-state index is 5.98. The Labute approximate surface area is 154 Å². The van der Waals surface area contributed by atoms with Crippen LogP contribution in [0.15, 0.2) is 29.4 Å². The number of thioether (sulfide) groups is 1. The SMILES string of the molecule is CN=C(NCC1(SC)CCOCC1)N1CCC(Oc2ccccn2)C1. The Bertz CT molecular complexity index is 563. The summed E-state index contributed by atoms with van der Waals surface area (Å²) >= 11 is 1.94. The van der Waals surface area contributed by atoms with Crippen molar-refractivity contribution in [1.82, 2.24) is 15.2 Å². The van der Waals surface area contributed by atoms with E-state index in [-0.39, 0.29) is 10.9 Å². The first-order valence-electron chi connectivity index (χ1n) is 8.91. The van der Waals surface area contributed by atoms with Crippen molar-refractivity contribution < 1.29 is 9.47 Å². The second kappa shape index (κ2) is 8.76. The number of guanidine groups is 1. The van der Waals surface area contributed by atoms with Gasteiger partial charge in [0.25, 0.3) is 0 Å². The number of aromatic nitrogens is 1. The number of nitrogens with one attached hydrogen (secondary N) is 1. The van der Waals surface area contributed by atoms with Crippen molar-refractivity contribution in [3.05, 3.63) is 24.4 Å². The Morgan fingerprint density at radius 2 is 2.32 bits per heavy atom. The van der Waals surface area contributed by atoms with Crippen LogP contribution in [0, 0.1) is 0 Å². The van der Waals surface area contributed by atoms with Gasteiger partial charge in [-0.3, -0.25) is 4.99 Å². The summed E-state index contributed by atoms with van der Waals surface area (Å²) in [6, 6.07) is 5.76. The molecule has 138 valence electrons. The van der Waals surface area contributed by atoms with Crippen molar-refractivity contribution in [3.63, 3.8) is 0 Å². The van der Waals surface area contributed by atoms with Crippen molar-refractivity contribution in [1.29, 1.82) is 0 Å². The van der Waals surface area contributed by atoms with Gasteiger partial charge < -0.3 is 19.7 Å². The molecule has 0 bridgehead atoms. The fraction of sp³-hybridized carbons (Fsp3) is 0.667. The minimum atomic E-state index is 0.158. The molecule has 1 unspecified atom stereocenters. The highest BCUT2D eigenvalue weighted by atomic mass is 32.2. The summed E-state index contributed by atoms with van der Waals surface area (Å²) in [6.07, 6.45) is 7.28. The molecule has 2 aliphatic heterocycles. The lowest BCUT2D eigenvalue weighted by atomic mass is 9.99. The van der Waals surface area contributed by atoms with Crippen molar-refractivity contribution in [2.45, 2.75) is 30.1 Å². The Balaban J connectivity index is 1.52. The Kier molecular flexibility index (Phi) is 6.42. The number of pyridine rings is 1. The minimum Gasteiger partial charge on any atom is -0.472 e. The minimum absolute atomic E-state index is 0.158. The van der Waals surface area contributed by atoms with Crippen LogP contribution in [0.2, 0.25) is 0 Å². The molecule has 0 spiro atoms. The van der Waals surface area contributed by atoms with Crippen LogP contribution in [-0.2, 0) is 4.74 Å². The van der Waals surface area contributed by atoms with Crippen LogP contribution in [0.1, 0.15) is 19.3 Å². The Morgan fingerprint density at radius 1 is 1.48 bits per heavy atom. The molecule has 2 fully saturated rings. The number of rotatable bonds is 5. The molecule has 25 heavy (non-hydrogen) atoms. The molecule has 0 saturated carbocycles. The topological polar surface area (TPSA) is 59.0 Å². The predicted molar refractivity (Wildman–Crippen MR) is 103 cm³/mol. The summed E-state index contributed by atoms with van der Waals surface area (Å²) in [5.74, 6) is 1.66. The summed E-state index contributed by atoms with van der Waals surface area (Å²) in [5.41, 5.74) is 0. The number of likely N-dealkylation sites (tertiary alicyclic amines) is 1. The first-order chi connectivity index (χ1) is 12.2. The molecule has 7 heteroatoms. The number of hydrogen-bond donors (Lipinski definition) is 1. The van der Waals surface area contributed by atoms with Crippen molar-refractivity contribution in [2.24, 2.45) is 4.99 Å². The zero-order valence-electron chi connectivity index (χ0n) is 15.1. The highest BCUT2D eigenvalue weighted by Crippen LogP contribution is 2.33. The number of hydrogen-bond acceptors (Lipinski definition) is 5. The van der Waals surface area contributed by atoms with Gasteiger partial charge in [0.1, 0.15) is 6.10 Å². The number of ether oxygens (including phenoxy) is 2. The molecule has 0 aliphatic carbocycles. The van der Waals surface area contributed by atoms with Crippen molar-refractivity contribution >= 4 is 17.7 Å². The molecule has 0 amide bonds. The maximum absolute atomic E-state index is 5.98. The summed E-state index contributed by atoms with van der Waals surface area (Å²) in [4.78, 5) is 11.0. The lowest BCUT2D eigenvalue weighted by Crippen LogP contribution is -2.49. The van der Waals surface area contributed by atoms with Crippen LogP contribution in [-0.4, -0.2) is 72.8 Å². The fourth-order valence-corrected chi connectivity index (χ4v) is 4.16. The van der Waals surface area contributed by atoms with Crippen LogP contribution in [0.5, 0.6) is 5.88 Å². The van der Waals surface area contributed by atoms with E-state index in [1.807, 2.05) is 37.0 Å². The summed E-state index contributed by atoms with van der Waals surface area (Å²) in [5, 5.41) is 3.59. The first kappa shape index (κ1) is 18.3. The van der Waals surface area contributed by atoms with Crippen molar-refractivity contribution in [3.8, 4) is 5.88 Å². The van der Waals surface area contributed by atoms with E-state index >= 15 is 0 Å². The first-order valence-corrected chi connectivity index (χ1v) is 10.1. The molecule has 0 radical (unpaired) electrons. The number of nitrogens with zero attached hydrogens (tertiary/aromatic N) is 3. The Hall–Kier alpha value is -1.47. The largest absolute Gasteiger partial charge is 0.472 e. The van der Waals surface area contributed by atoms with E-state index in [0.29, 0.717) is 5.88 Å². The predicted octanol–water partition coefficient (Wildman–Crippen LogP) is 2.02. The third-order valence-corrected chi connectivity index (χ3v) is 6.41. The van der Waals surface area contributed by atoms with Gasteiger partial charge in [-0.15, -0.1) is 0 Å². The van der Waals surface area contributed by atoms with Gasteiger partial charge in [-0.05, 0) is 25.2 Å². The molecule has 1 N–H and O–H groups in total. The van der Waals surface area contributed by atoms with Gasteiger partial charge in [0, 0.05) is 56.8 Å². The standard InChI is InChI=1S/C18H28N4O2S/c1-19-17(21-14-18(25-2)7-11-23-12-8-18)22-10-6-15(13-22)24-16-5-3-4-9-20-16/h3-5,9,15H,6-8,10-14H2,1-2H3,(H,19,21). The van der Waals surface area contributed by atoms with Crippen LogP contribution in [0.4, 0.5) is 0 Å². The molecule has 2 saturated heterocycles. The van der Waals surface area contributed by atoms with E-state index < -0.39 is 0 Å². The highest BCUT2D eigenvalue weighted by Gasteiger charge is 2.33. The van der Waals surface area contributed by atoms with Crippen LogP contribution < -0.4 is 10.1 Å². The summed E-state index contributed by atoms with van der Waals surface area (Å²) < 4.78 is 11.8. The van der Waals surface area contributed by atoms with Crippen LogP contribution in [0.3, 0.4) is 0 Å². The summed E-state index contributed by atoms with van der Waals surface area (Å²) in [6.45, 7) is 4.42. The molecule has 1 atom stereocenters. The van der Waals surface area contributed by atoms with E-state index in [9.17, 15) is 0 Å². The van der Waals surface area contributed by atoms with E-state index in [2.05, 4.69) is 26.4 Å². The fourth-order valence-electron chi connectivity index (χ4n) is 3.37. The summed E-state index contributed by atoms with van der Waals surface area (Å²) in [7, 11) is 1.85. The van der Waals surface area contributed by atoms with Crippen molar-refractivity contribution in [2.75, 3.05) is 46.2 Å². The molecule has 3 rings (SSSR count). The van der Waals surface area contributed by atoms with Gasteiger partial charge in [0.2, 0.25) is 5.88 Å². The molecule has 3 heterocycles. The van der Waals surface area contributed by atoms with Gasteiger partial charge in [-0.2, -0.15) is 11.8 Å². The van der Waals surface area contributed by atoms with E-state index in [1.165, 1.54) is 0 Å². The maximum Gasteiger partial charge on any atom is 0.213 e. The quantitative estimate of drug-likeness (QED) is 0.637. The third-order valence-electron chi connectivity index (χ3n) is 4.99. The monoisotopic (exact) mass is 364 g/mol. The average molecular weight is 365 g/mol. The second-order valence-corrected chi connectivity index (χ2v) is 7.82. The molecule has 1 aromatic heterocycles. The lowest BCUT2D eigenvalue weighted by molar-refractivity contribution is 0.0781. The zero-order valence-corrected chi connectivity index (χ0v) is 15.9. The Morgan fingerprint density at radius 3 is 3.00 bits per heavy atom. The molecule has 2 aliphatic rings. The van der Waals surface area contributed by atoms with E-state index in [1.54, 1.807) is 6.20 Å². The molecule has 1 aromatic rings. The number of aliphatic imine (C=N–C) groups is 1. The second-order valence-electron chi connectivity index (χ2n) is 6.54.